The number of hydrogen-bond acceptors (Lipinski definition) is 3. The van der Waals surface area contributed by atoms with Gasteiger partial charge in [0.15, 0.2) is 5.96 Å². The van der Waals surface area contributed by atoms with Crippen molar-refractivity contribution in [3.8, 4) is 0 Å². The molecule has 1 aromatic carbocycles. The molecule has 0 aliphatic carbocycles. The molecule has 2 aromatic rings. The largest absolute Gasteiger partial charge is 0.361 e. The minimum Gasteiger partial charge on any atom is -0.361 e. The molecule has 0 spiro atoms. The van der Waals surface area contributed by atoms with Crippen molar-refractivity contribution in [2.45, 2.75) is 46.1 Å². The Hall–Kier alpha value is -1.16. The van der Waals surface area contributed by atoms with Crippen molar-refractivity contribution < 1.29 is 8.91 Å². The van der Waals surface area contributed by atoms with Crippen molar-refractivity contribution in [2.75, 3.05) is 13.6 Å². The van der Waals surface area contributed by atoms with E-state index in [0.29, 0.717) is 25.5 Å². The monoisotopic (exact) mass is 552 g/mol. The molecule has 0 fully saturated rings. The van der Waals surface area contributed by atoms with Gasteiger partial charge in [0.25, 0.3) is 0 Å². The Bertz CT molecular complexity index is 730. The van der Waals surface area contributed by atoms with Gasteiger partial charge in [-0.15, -0.1) is 24.0 Å². The number of guanidine groups is 1. The zero-order valence-electron chi connectivity index (χ0n) is 15.9. The maximum absolute atomic E-state index is 13.8. The Morgan fingerprint density at radius 3 is 2.67 bits per heavy atom. The normalized spacial score (nSPS) is 11.2. The van der Waals surface area contributed by atoms with Gasteiger partial charge in [0.2, 0.25) is 0 Å². The first-order valence-electron chi connectivity index (χ1n) is 8.93. The summed E-state index contributed by atoms with van der Waals surface area (Å²) in [5.74, 6) is 1.45. The van der Waals surface area contributed by atoms with Gasteiger partial charge in [-0.2, -0.15) is 0 Å². The first-order chi connectivity index (χ1) is 12.6. The number of halogens is 3. The van der Waals surface area contributed by atoms with Crippen LogP contribution in [0, 0.1) is 5.82 Å². The molecular formula is C19H27BrFIN4O. The molecular weight excluding hydrogens is 526 g/mol. The second-order valence-electron chi connectivity index (χ2n) is 5.93. The van der Waals surface area contributed by atoms with Gasteiger partial charge in [0.05, 0.1) is 5.69 Å². The summed E-state index contributed by atoms with van der Waals surface area (Å²) in [5, 5.41) is 10.7. The van der Waals surface area contributed by atoms with E-state index in [-0.39, 0.29) is 29.8 Å². The SMILES string of the molecule is CCc1noc(CC)c1CNC(=NC)NCCCc1ccc(Br)cc1F.I. The Balaban J connectivity index is 0.00000364. The molecule has 0 aliphatic heterocycles. The van der Waals surface area contributed by atoms with Crippen molar-refractivity contribution in [1.82, 2.24) is 15.8 Å². The lowest BCUT2D eigenvalue weighted by molar-refractivity contribution is 0.380. The number of rotatable bonds is 8. The second kappa shape index (κ2) is 12.3. The lowest BCUT2D eigenvalue weighted by atomic mass is 10.1. The first-order valence-corrected chi connectivity index (χ1v) is 9.73. The summed E-state index contributed by atoms with van der Waals surface area (Å²) in [6.45, 7) is 5.45. The molecule has 0 atom stereocenters. The van der Waals surface area contributed by atoms with Crippen LogP contribution < -0.4 is 10.6 Å². The molecule has 0 saturated carbocycles. The molecule has 2 rings (SSSR count). The molecule has 0 saturated heterocycles. The third kappa shape index (κ3) is 7.06. The first kappa shape index (κ1) is 23.9. The maximum atomic E-state index is 13.8. The molecule has 1 heterocycles. The summed E-state index contributed by atoms with van der Waals surface area (Å²) in [7, 11) is 1.73. The molecule has 150 valence electrons. The van der Waals surface area contributed by atoms with E-state index in [2.05, 4.69) is 50.6 Å². The van der Waals surface area contributed by atoms with Crippen molar-refractivity contribution in [3.05, 3.63) is 51.1 Å². The van der Waals surface area contributed by atoms with Crippen LogP contribution in [0.1, 0.15) is 42.8 Å². The van der Waals surface area contributed by atoms with Crippen molar-refractivity contribution in [3.63, 3.8) is 0 Å². The highest BCUT2D eigenvalue weighted by Gasteiger charge is 2.13. The standard InChI is InChI=1S/C19H26BrFN4O.HI/c1-4-17-15(18(5-2)26-25-17)12-24-19(22-3)23-10-6-7-13-8-9-14(20)11-16(13)21;/h8-9,11H,4-7,10,12H2,1-3H3,(H2,22,23,24);1H. The Labute approximate surface area is 185 Å². The highest BCUT2D eigenvalue weighted by Crippen LogP contribution is 2.17. The van der Waals surface area contributed by atoms with Crippen LogP contribution in [0.15, 0.2) is 32.2 Å². The average Bonchev–Trinajstić information content (AvgIpc) is 3.04. The molecule has 0 radical (unpaired) electrons. The Kier molecular flexibility index (Phi) is 10.9. The van der Waals surface area contributed by atoms with E-state index in [9.17, 15) is 4.39 Å². The number of nitrogens with zero attached hydrogens (tertiary/aromatic N) is 2. The van der Waals surface area contributed by atoms with Gasteiger partial charge in [0.1, 0.15) is 11.6 Å². The maximum Gasteiger partial charge on any atom is 0.191 e. The van der Waals surface area contributed by atoms with E-state index < -0.39 is 0 Å². The highest BCUT2D eigenvalue weighted by atomic mass is 127. The van der Waals surface area contributed by atoms with Crippen LogP contribution in [0.5, 0.6) is 0 Å². The van der Waals surface area contributed by atoms with Crippen molar-refractivity contribution in [2.24, 2.45) is 4.99 Å². The predicted octanol–water partition coefficient (Wildman–Crippen LogP) is 4.62. The molecule has 5 nitrogen and oxygen atoms in total. The van der Waals surface area contributed by atoms with Crippen LogP contribution in [-0.2, 0) is 25.8 Å². The number of benzene rings is 1. The van der Waals surface area contributed by atoms with Crippen LogP contribution in [0.2, 0.25) is 0 Å². The van der Waals surface area contributed by atoms with Crippen LogP contribution in [0.25, 0.3) is 0 Å². The molecule has 2 N–H and O–H groups in total. The van der Waals surface area contributed by atoms with Gasteiger partial charge in [-0.3, -0.25) is 4.99 Å². The topological polar surface area (TPSA) is 62.5 Å². The Morgan fingerprint density at radius 1 is 1.26 bits per heavy atom. The second-order valence-corrected chi connectivity index (χ2v) is 6.85. The van der Waals surface area contributed by atoms with Crippen LogP contribution in [0.3, 0.4) is 0 Å². The molecule has 1 aromatic heterocycles. The summed E-state index contributed by atoms with van der Waals surface area (Å²) in [6, 6.07) is 5.18. The van der Waals surface area contributed by atoms with E-state index in [1.165, 1.54) is 6.07 Å². The van der Waals surface area contributed by atoms with E-state index in [0.717, 1.165) is 46.3 Å². The van der Waals surface area contributed by atoms with Gasteiger partial charge in [-0.1, -0.05) is 41.0 Å². The van der Waals surface area contributed by atoms with E-state index in [1.54, 1.807) is 7.05 Å². The quantitative estimate of drug-likeness (QED) is 0.217. The molecule has 0 aliphatic rings. The minimum atomic E-state index is -0.173. The number of aliphatic imine (C=N–C) groups is 1. The summed E-state index contributed by atoms with van der Waals surface area (Å²) in [4.78, 5) is 4.24. The smallest absolute Gasteiger partial charge is 0.191 e. The summed E-state index contributed by atoms with van der Waals surface area (Å²) in [5.41, 5.74) is 2.81. The minimum absolute atomic E-state index is 0. The lowest BCUT2D eigenvalue weighted by Gasteiger charge is -2.12. The van der Waals surface area contributed by atoms with Crippen LogP contribution in [0.4, 0.5) is 4.39 Å². The fraction of sp³-hybridized carbons (Fsp3) is 0.474. The number of hydrogen-bond donors (Lipinski definition) is 2. The molecule has 0 amide bonds. The molecule has 8 heteroatoms. The van der Waals surface area contributed by atoms with Gasteiger partial charge in [-0.25, -0.2) is 4.39 Å². The zero-order valence-corrected chi connectivity index (χ0v) is 19.9. The summed E-state index contributed by atoms with van der Waals surface area (Å²) >= 11 is 3.27. The van der Waals surface area contributed by atoms with Gasteiger partial charge in [-0.05, 0) is 37.0 Å². The molecule has 0 bridgehead atoms. The number of aryl methyl sites for hydroxylation is 3. The fourth-order valence-electron chi connectivity index (χ4n) is 2.74. The van der Waals surface area contributed by atoms with Crippen molar-refractivity contribution in [1.29, 1.82) is 0 Å². The summed E-state index contributed by atoms with van der Waals surface area (Å²) in [6.07, 6.45) is 3.14. The zero-order chi connectivity index (χ0) is 18.9. The number of nitrogens with one attached hydrogen (secondary N) is 2. The fourth-order valence-corrected chi connectivity index (χ4v) is 3.07. The van der Waals surface area contributed by atoms with E-state index in [4.69, 9.17) is 4.52 Å². The predicted molar refractivity (Wildman–Crippen MR) is 121 cm³/mol. The van der Waals surface area contributed by atoms with Gasteiger partial charge < -0.3 is 15.2 Å². The lowest BCUT2D eigenvalue weighted by Crippen LogP contribution is -2.37. The Morgan fingerprint density at radius 2 is 2.04 bits per heavy atom. The van der Waals surface area contributed by atoms with Crippen molar-refractivity contribution >= 4 is 45.9 Å². The highest BCUT2D eigenvalue weighted by molar-refractivity contribution is 14.0. The van der Waals surface area contributed by atoms with E-state index >= 15 is 0 Å². The third-order valence-corrected chi connectivity index (χ3v) is 4.69. The number of aromatic nitrogens is 1. The molecule has 0 unspecified atom stereocenters. The molecule has 27 heavy (non-hydrogen) atoms. The third-order valence-electron chi connectivity index (χ3n) is 4.19. The van der Waals surface area contributed by atoms with Gasteiger partial charge >= 0.3 is 0 Å². The van der Waals surface area contributed by atoms with Gasteiger partial charge in [0, 0.05) is 36.6 Å². The summed E-state index contributed by atoms with van der Waals surface area (Å²) < 4.78 is 20.0. The van der Waals surface area contributed by atoms with Crippen LogP contribution >= 0.6 is 39.9 Å². The average molecular weight is 553 g/mol. The van der Waals surface area contributed by atoms with Crippen LogP contribution in [-0.4, -0.2) is 24.7 Å². The van der Waals surface area contributed by atoms with E-state index in [1.807, 2.05) is 12.1 Å².